The number of allylic oxidation sites excluding steroid dienone is 1. The summed E-state index contributed by atoms with van der Waals surface area (Å²) in [5.74, 6) is 3.14. The lowest BCUT2D eigenvalue weighted by atomic mass is 9.98. The Morgan fingerprint density at radius 3 is 2.10 bits per heavy atom. The van der Waals surface area contributed by atoms with Crippen LogP contribution in [0.5, 0.6) is 0 Å². The average molecular weight is 423 g/mol. The van der Waals surface area contributed by atoms with Gasteiger partial charge in [0.05, 0.1) is 24.0 Å². The number of hydrazine groups is 1. The predicted octanol–water partition coefficient (Wildman–Crippen LogP) is 3.37. The maximum Gasteiger partial charge on any atom is 0.304 e. The third-order valence-corrected chi connectivity index (χ3v) is 4.50. The number of carboxylic acids is 1. The molecule has 0 saturated heterocycles. The Hall–Kier alpha value is -3.63. The summed E-state index contributed by atoms with van der Waals surface area (Å²) < 4.78 is 0. The molecule has 0 aliphatic rings. The topological polar surface area (TPSA) is 128 Å². The van der Waals surface area contributed by atoms with E-state index in [1.54, 1.807) is 12.1 Å². The third-order valence-electron chi connectivity index (χ3n) is 4.50. The van der Waals surface area contributed by atoms with Gasteiger partial charge in [0.1, 0.15) is 0 Å². The molecule has 1 unspecified atom stereocenters. The van der Waals surface area contributed by atoms with E-state index in [0.717, 1.165) is 16.7 Å². The largest absolute Gasteiger partial charge is 0.481 e. The molecule has 2 aromatic rings. The number of nitrogens with zero attached hydrogens (tertiary/aromatic N) is 1. The molecule has 0 aliphatic heterocycles. The molecule has 1 amide bonds. The van der Waals surface area contributed by atoms with Crippen LogP contribution in [-0.2, 0) is 16.0 Å². The number of aliphatic carboxylic acids is 1. The van der Waals surface area contributed by atoms with Gasteiger partial charge in [0.2, 0.25) is 5.91 Å². The van der Waals surface area contributed by atoms with Crippen LogP contribution in [0.4, 0.5) is 0 Å². The van der Waals surface area contributed by atoms with Gasteiger partial charge < -0.3 is 15.8 Å². The number of carboxylic acid groups (broad SMARTS) is 1. The number of carbonyl (C=O) groups excluding carboxylic acids is 1. The Kier molecular flexibility index (Phi) is 11.1. The van der Waals surface area contributed by atoms with Crippen molar-refractivity contribution in [2.45, 2.75) is 33.1 Å². The minimum absolute atomic E-state index is 0.161. The number of rotatable bonds is 10. The zero-order valence-corrected chi connectivity index (χ0v) is 18.0. The van der Waals surface area contributed by atoms with Gasteiger partial charge in [0, 0.05) is 18.7 Å². The van der Waals surface area contributed by atoms with Crippen molar-refractivity contribution in [3.05, 3.63) is 71.9 Å². The number of amides is 1. The maximum absolute atomic E-state index is 12.3. The van der Waals surface area contributed by atoms with E-state index in [2.05, 4.69) is 23.4 Å². The fourth-order valence-electron chi connectivity index (χ4n) is 2.90. The zero-order valence-electron chi connectivity index (χ0n) is 18.0. The molecule has 0 fully saturated rings. The molecule has 0 aromatic heterocycles. The normalized spacial score (nSPS) is 10.6. The lowest BCUT2D eigenvalue weighted by molar-refractivity contribution is -0.141. The summed E-state index contributed by atoms with van der Waals surface area (Å²) in [6.07, 6.45) is 0.495. The first-order valence-electron chi connectivity index (χ1n) is 10.2. The van der Waals surface area contributed by atoms with Crippen LogP contribution in [0.2, 0.25) is 0 Å². The van der Waals surface area contributed by atoms with Crippen molar-refractivity contribution in [1.82, 2.24) is 10.7 Å². The van der Waals surface area contributed by atoms with E-state index in [0.29, 0.717) is 24.2 Å². The summed E-state index contributed by atoms with van der Waals surface area (Å²) >= 11 is 0. The van der Waals surface area contributed by atoms with Crippen molar-refractivity contribution >= 4 is 11.9 Å². The molecule has 164 valence electrons. The highest BCUT2D eigenvalue weighted by atomic mass is 16.4. The summed E-state index contributed by atoms with van der Waals surface area (Å²) in [6.45, 7) is 8.04. The van der Waals surface area contributed by atoms with Gasteiger partial charge in [-0.1, -0.05) is 56.8 Å². The first kappa shape index (κ1) is 25.4. The minimum atomic E-state index is -1.05. The Labute approximate surface area is 183 Å². The summed E-state index contributed by atoms with van der Waals surface area (Å²) in [6, 6.07) is 17.4. The van der Waals surface area contributed by atoms with Crippen LogP contribution in [0.1, 0.15) is 37.8 Å². The molecule has 2 rings (SSSR count). The van der Waals surface area contributed by atoms with Gasteiger partial charge in [-0.05, 0) is 35.2 Å². The lowest BCUT2D eigenvalue weighted by Gasteiger charge is -2.16. The number of nitrogens with one attached hydrogen (secondary N) is 2. The van der Waals surface area contributed by atoms with Crippen molar-refractivity contribution in [1.29, 1.82) is 5.26 Å². The van der Waals surface area contributed by atoms with Crippen LogP contribution in [-0.4, -0.2) is 23.5 Å². The van der Waals surface area contributed by atoms with E-state index in [9.17, 15) is 9.59 Å². The molecular weight excluding hydrogens is 392 g/mol. The van der Waals surface area contributed by atoms with Crippen LogP contribution < -0.4 is 16.6 Å². The van der Waals surface area contributed by atoms with Crippen LogP contribution in [0.25, 0.3) is 11.1 Å². The Bertz CT molecular complexity index is 900. The number of nitriles is 1. The molecule has 0 bridgehead atoms. The van der Waals surface area contributed by atoms with Crippen LogP contribution in [0, 0.1) is 17.2 Å². The van der Waals surface area contributed by atoms with Crippen molar-refractivity contribution in [2.24, 2.45) is 11.8 Å². The number of hydrogen-bond acceptors (Lipinski definition) is 5. The zero-order chi connectivity index (χ0) is 23.2. The molecule has 1 atom stereocenters. The Morgan fingerprint density at radius 1 is 1.06 bits per heavy atom. The summed E-state index contributed by atoms with van der Waals surface area (Å²) in [5, 5.41) is 20.6. The molecule has 0 spiro atoms. The first-order chi connectivity index (χ1) is 14.9. The summed E-state index contributed by atoms with van der Waals surface area (Å²) in [4.78, 5) is 23.3. The molecule has 5 N–H and O–H groups in total. The van der Waals surface area contributed by atoms with E-state index < -0.39 is 11.9 Å². The fourth-order valence-corrected chi connectivity index (χ4v) is 2.90. The van der Waals surface area contributed by atoms with Gasteiger partial charge in [-0.25, -0.2) is 0 Å². The van der Waals surface area contributed by atoms with Crippen molar-refractivity contribution in [2.75, 3.05) is 6.54 Å². The number of nitrogens with two attached hydrogens (primary N) is 1. The standard InChI is InChI=1S/C22H24N4O3.C2H6/c1-15(26-24)12-20(13-21(27)28)22(29)25-11-10-16-2-6-18(7-3-16)19-8-4-17(14-23)5-9-19;1-2/h2-9,20,26H,1,10-13,24H2,(H,25,29)(H,27,28);1-2H3. The van der Waals surface area contributed by atoms with E-state index in [4.69, 9.17) is 16.2 Å². The minimum Gasteiger partial charge on any atom is -0.481 e. The van der Waals surface area contributed by atoms with Gasteiger partial charge in [0.15, 0.2) is 0 Å². The van der Waals surface area contributed by atoms with E-state index in [-0.39, 0.29) is 18.7 Å². The van der Waals surface area contributed by atoms with Gasteiger partial charge in [0.25, 0.3) is 0 Å². The number of carbonyl (C=O) groups is 2. The van der Waals surface area contributed by atoms with Gasteiger partial charge >= 0.3 is 5.97 Å². The average Bonchev–Trinajstić information content (AvgIpc) is 2.80. The van der Waals surface area contributed by atoms with Gasteiger partial charge in [-0.2, -0.15) is 5.26 Å². The van der Waals surface area contributed by atoms with Gasteiger partial charge in [-0.15, -0.1) is 0 Å². The Morgan fingerprint density at radius 2 is 1.61 bits per heavy atom. The molecule has 0 aliphatic carbocycles. The molecule has 0 radical (unpaired) electrons. The van der Waals surface area contributed by atoms with E-state index in [1.807, 2.05) is 50.2 Å². The molecule has 2 aromatic carbocycles. The highest BCUT2D eigenvalue weighted by molar-refractivity contribution is 5.83. The molecule has 31 heavy (non-hydrogen) atoms. The Balaban J connectivity index is 0.00000233. The predicted molar refractivity (Wildman–Crippen MR) is 121 cm³/mol. The van der Waals surface area contributed by atoms with E-state index >= 15 is 0 Å². The molecule has 7 heteroatoms. The molecule has 0 heterocycles. The monoisotopic (exact) mass is 422 g/mol. The SMILES string of the molecule is C=C(CC(CC(=O)O)C(=O)NCCc1ccc(-c2ccc(C#N)cc2)cc1)NN.CC. The number of hydrogen-bond donors (Lipinski definition) is 4. The van der Waals surface area contributed by atoms with Crippen molar-refractivity contribution in [3.63, 3.8) is 0 Å². The van der Waals surface area contributed by atoms with Crippen LogP contribution >= 0.6 is 0 Å². The van der Waals surface area contributed by atoms with Crippen LogP contribution in [0.15, 0.2) is 60.8 Å². The third kappa shape index (κ3) is 8.72. The summed E-state index contributed by atoms with van der Waals surface area (Å²) in [5.41, 5.74) is 6.48. The van der Waals surface area contributed by atoms with Crippen molar-refractivity contribution < 1.29 is 14.7 Å². The molecule has 0 saturated carbocycles. The summed E-state index contributed by atoms with van der Waals surface area (Å²) in [7, 11) is 0. The second-order valence-electron chi connectivity index (χ2n) is 6.67. The second-order valence-corrected chi connectivity index (χ2v) is 6.67. The molecule has 7 nitrogen and oxygen atoms in total. The lowest BCUT2D eigenvalue weighted by Crippen LogP contribution is -2.35. The van der Waals surface area contributed by atoms with Crippen molar-refractivity contribution in [3.8, 4) is 17.2 Å². The maximum atomic E-state index is 12.3. The highest BCUT2D eigenvalue weighted by Gasteiger charge is 2.22. The van der Waals surface area contributed by atoms with Crippen LogP contribution in [0.3, 0.4) is 0 Å². The first-order valence-corrected chi connectivity index (χ1v) is 10.2. The second kappa shape index (κ2) is 13.6. The highest BCUT2D eigenvalue weighted by Crippen LogP contribution is 2.20. The van der Waals surface area contributed by atoms with Gasteiger partial charge in [-0.3, -0.25) is 15.4 Å². The number of benzene rings is 2. The molecular formula is C24H30N4O3. The quantitative estimate of drug-likeness (QED) is 0.343. The smallest absolute Gasteiger partial charge is 0.304 e. The fraction of sp³-hybridized carbons (Fsp3) is 0.292. The van der Waals surface area contributed by atoms with E-state index in [1.165, 1.54) is 0 Å².